The Kier molecular flexibility index (Phi) is 4.29. The van der Waals surface area contributed by atoms with Crippen molar-refractivity contribution < 1.29 is 14.3 Å². The monoisotopic (exact) mass is 290 g/mol. The molecule has 5 nitrogen and oxygen atoms in total. The summed E-state index contributed by atoms with van der Waals surface area (Å²) >= 11 is 0. The summed E-state index contributed by atoms with van der Waals surface area (Å²) in [6.45, 7) is 4.19. The minimum Gasteiger partial charge on any atom is -0.486 e. The number of benzene rings is 1. The minimum atomic E-state index is 0.140. The smallest absolute Gasteiger partial charge is 0.220 e. The van der Waals surface area contributed by atoms with Crippen LogP contribution in [0.25, 0.3) is 0 Å². The molecule has 2 aliphatic rings. The van der Waals surface area contributed by atoms with Crippen LogP contribution in [0, 0.1) is 5.92 Å². The van der Waals surface area contributed by atoms with E-state index >= 15 is 0 Å². The predicted octanol–water partition coefficient (Wildman–Crippen LogP) is 1.42. The standard InChI is InChI=1S/C16H22N2O3/c1-17-16(19)9-13-4-5-18(11-13)10-12-2-3-14-15(8-12)21-7-6-20-14/h2-3,8,13H,4-7,9-11H2,1H3,(H,17,19). The Balaban J connectivity index is 1.56. The maximum Gasteiger partial charge on any atom is 0.220 e. The van der Waals surface area contributed by atoms with E-state index in [9.17, 15) is 4.79 Å². The van der Waals surface area contributed by atoms with Crippen LogP contribution in [-0.2, 0) is 11.3 Å². The van der Waals surface area contributed by atoms with Crippen LogP contribution in [0.4, 0.5) is 0 Å². The number of hydrogen-bond donors (Lipinski definition) is 1. The average molecular weight is 290 g/mol. The molecule has 1 fully saturated rings. The molecule has 3 rings (SSSR count). The zero-order chi connectivity index (χ0) is 14.7. The Morgan fingerprint density at radius 1 is 1.33 bits per heavy atom. The van der Waals surface area contributed by atoms with Gasteiger partial charge in [0.15, 0.2) is 11.5 Å². The molecule has 1 aromatic rings. The first-order valence-electron chi connectivity index (χ1n) is 7.56. The molecule has 0 spiro atoms. The van der Waals surface area contributed by atoms with Crippen LogP contribution in [0.1, 0.15) is 18.4 Å². The van der Waals surface area contributed by atoms with Gasteiger partial charge in [-0.2, -0.15) is 0 Å². The summed E-state index contributed by atoms with van der Waals surface area (Å²) in [5.41, 5.74) is 1.24. The Bertz CT molecular complexity index is 518. The lowest BCUT2D eigenvalue weighted by Gasteiger charge is -2.21. The van der Waals surface area contributed by atoms with Crippen LogP contribution >= 0.6 is 0 Å². The zero-order valence-electron chi connectivity index (χ0n) is 12.4. The van der Waals surface area contributed by atoms with E-state index in [0.29, 0.717) is 25.6 Å². The first-order valence-corrected chi connectivity index (χ1v) is 7.56. The van der Waals surface area contributed by atoms with Gasteiger partial charge in [0.25, 0.3) is 0 Å². The van der Waals surface area contributed by atoms with Crippen LogP contribution in [0.5, 0.6) is 11.5 Å². The van der Waals surface area contributed by atoms with Gasteiger partial charge in [-0.05, 0) is 36.6 Å². The van der Waals surface area contributed by atoms with Crippen molar-refractivity contribution in [3.8, 4) is 11.5 Å². The van der Waals surface area contributed by atoms with E-state index < -0.39 is 0 Å². The van der Waals surface area contributed by atoms with E-state index in [1.165, 1.54) is 5.56 Å². The Labute approximate surface area is 125 Å². The molecule has 0 aliphatic carbocycles. The van der Waals surface area contributed by atoms with Crippen LogP contribution in [0.15, 0.2) is 18.2 Å². The van der Waals surface area contributed by atoms with Crippen molar-refractivity contribution in [2.24, 2.45) is 5.92 Å². The van der Waals surface area contributed by atoms with Crippen molar-refractivity contribution in [3.63, 3.8) is 0 Å². The van der Waals surface area contributed by atoms with Gasteiger partial charge in [-0.15, -0.1) is 0 Å². The highest BCUT2D eigenvalue weighted by atomic mass is 16.6. The van der Waals surface area contributed by atoms with Crippen LogP contribution in [-0.4, -0.2) is 44.2 Å². The number of nitrogens with zero attached hydrogens (tertiary/aromatic N) is 1. The maximum atomic E-state index is 11.4. The normalized spacial score (nSPS) is 21.3. The van der Waals surface area contributed by atoms with Gasteiger partial charge in [0.2, 0.25) is 5.91 Å². The van der Waals surface area contributed by atoms with E-state index in [0.717, 1.165) is 37.6 Å². The third-order valence-electron chi connectivity index (χ3n) is 4.14. The number of amides is 1. The third kappa shape index (κ3) is 3.47. The second-order valence-electron chi connectivity index (χ2n) is 5.75. The number of carbonyl (C=O) groups excluding carboxylic acids is 1. The molecule has 2 aliphatic heterocycles. The fraction of sp³-hybridized carbons (Fsp3) is 0.562. The minimum absolute atomic E-state index is 0.140. The van der Waals surface area contributed by atoms with Crippen molar-refractivity contribution in [2.75, 3.05) is 33.4 Å². The van der Waals surface area contributed by atoms with Gasteiger partial charge in [-0.25, -0.2) is 0 Å². The molecular formula is C16H22N2O3. The summed E-state index contributed by atoms with van der Waals surface area (Å²) in [5.74, 6) is 2.30. The first-order chi connectivity index (χ1) is 10.2. The molecule has 1 atom stereocenters. The summed E-state index contributed by atoms with van der Waals surface area (Å²) in [6.07, 6.45) is 1.73. The first kappa shape index (κ1) is 14.2. The van der Waals surface area contributed by atoms with Crippen molar-refractivity contribution in [2.45, 2.75) is 19.4 Å². The Morgan fingerprint density at radius 2 is 2.14 bits per heavy atom. The number of ether oxygens (including phenoxy) is 2. The van der Waals surface area contributed by atoms with Crippen molar-refractivity contribution >= 4 is 5.91 Å². The van der Waals surface area contributed by atoms with Crippen molar-refractivity contribution in [1.29, 1.82) is 0 Å². The number of nitrogens with one attached hydrogen (secondary N) is 1. The lowest BCUT2D eigenvalue weighted by molar-refractivity contribution is -0.121. The molecule has 1 aromatic carbocycles. The molecule has 2 heterocycles. The predicted molar refractivity (Wildman–Crippen MR) is 79.5 cm³/mol. The van der Waals surface area contributed by atoms with E-state index in [1.54, 1.807) is 7.05 Å². The molecule has 0 aromatic heterocycles. The molecule has 1 amide bonds. The fourth-order valence-electron chi connectivity index (χ4n) is 3.03. The number of rotatable bonds is 4. The van der Waals surface area contributed by atoms with Gasteiger partial charge in [0.05, 0.1) is 0 Å². The Hall–Kier alpha value is -1.75. The SMILES string of the molecule is CNC(=O)CC1CCN(Cc2ccc3c(c2)OCCO3)C1. The van der Waals surface area contributed by atoms with E-state index in [4.69, 9.17) is 9.47 Å². The second-order valence-corrected chi connectivity index (χ2v) is 5.75. The van der Waals surface area contributed by atoms with Gasteiger partial charge >= 0.3 is 0 Å². The molecule has 0 saturated carbocycles. The summed E-state index contributed by atoms with van der Waals surface area (Å²) in [6, 6.07) is 6.15. The summed E-state index contributed by atoms with van der Waals surface area (Å²) in [5, 5.41) is 2.70. The largest absolute Gasteiger partial charge is 0.486 e. The highest BCUT2D eigenvalue weighted by Crippen LogP contribution is 2.31. The van der Waals surface area contributed by atoms with Gasteiger partial charge in [-0.1, -0.05) is 6.07 Å². The number of carbonyl (C=O) groups is 1. The van der Waals surface area contributed by atoms with Crippen LogP contribution in [0.3, 0.4) is 0 Å². The zero-order valence-corrected chi connectivity index (χ0v) is 12.4. The second kappa shape index (κ2) is 6.35. The van der Waals surface area contributed by atoms with Crippen LogP contribution < -0.4 is 14.8 Å². The average Bonchev–Trinajstić information content (AvgIpc) is 2.94. The summed E-state index contributed by atoms with van der Waals surface area (Å²) in [7, 11) is 1.70. The number of hydrogen-bond acceptors (Lipinski definition) is 4. The van der Waals surface area contributed by atoms with Crippen LogP contribution in [0.2, 0.25) is 0 Å². The fourth-order valence-corrected chi connectivity index (χ4v) is 3.03. The summed E-state index contributed by atoms with van der Waals surface area (Å²) in [4.78, 5) is 13.8. The van der Waals surface area contributed by atoms with Gasteiger partial charge in [0.1, 0.15) is 13.2 Å². The molecule has 5 heteroatoms. The molecule has 1 saturated heterocycles. The van der Waals surface area contributed by atoms with Crippen molar-refractivity contribution in [1.82, 2.24) is 10.2 Å². The maximum absolute atomic E-state index is 11.4. The van der Waals surface area contributed by atoms with Gasteiger partial charge in [-0.3, -0.25) is 9.69 Å². The van der Waals surface area contributed by atoms with Crippen molar-refractivity contribution in [3.05, 3.63) is 23.8 Å². The van der Waals surface area contributed by atoms with Gasteiger partial charge in [0, 0.05) is 26.6 Å². The lowest BCUT2D eigenvalue weighted by atomic mass is 10.0. The van der Waals surface area contributed by atoms with Gasteiger partial charge < -0.3 is 14.8 Å². The molecule has 1 unspecified atom stereocenters. The Morgan fingerprint density at radius 3 is 2.95 bits per heavy atom. The quantitative estimate of drug-likeness (QED) is 0.911. The van der Waals surface area contributed by atoms with E-state index in [1.807, 2.05) is 6.07 Å². The highest BCUT2D eigenvalue weighted by molar-refractivity contribution is 5.75. The molecule has 0 bridgehead atoms. The third-order valence-corrected chi connectivity index (χ3v) is 4.14. The molecule has 114 valence electrons. The molecule has 21 heavy (non-hydrogen) atoms. The highest BCUT2D eigenvalue weighted by Gasteiger charge is 2.24. The lowest BCUT2D eigenvalue weighted by Crippen LogP contribution is -2.24. The van der Waals surface area contributed by atoms with E-state index in [2.05, 4.69) is 22.3 Å². The summed E-state index contributed by atoms with van der Waals surface area (Å²) < 4.78 is 11.2. The number of fused-ring (bicyclic) bond motifs is 1. The molecule has 1 N–H and O–H groups in total. The topological polar surface area (TPSA) is 50.8 Å². The molecule has 0 radical (unpaired) electrons. The molecular weight excluding hydrogens is 268 g/mol. The number of likely N-dealkylation sites (tertiary alicyclic amines) is 1. The van der Waals surface area contributed by atoms with E-state index in [-0.39, 0.29) is 5.91 Å².